The number of rotatable bonds is 2. The molecule has 0 bridgehead atoms. The molecule has 17 heavy (non-hydrogen) atoms. The van der Waals surface area contributed by atoms with Gasteiger partial charge in [0.2, 0.25) is 10.0 Å². The zero-order chi connectivity index (χ0) is 12.5. The van der Waals surface area contributed by atoms with Gasteiger partial charge >= 0.3 is 0 Å². The van der Waals surface area contributed by atoms with Crippen LogP contribution in [-0.4, -0.2) is 25.8 Å². The highest BCUT2D eigenvalue weighted by atomic mass is 32.2. The Balaban J connectivity index is 2.37. The van der Waals surface area contributed by atoms with Crippen molar-refractivity contribution in [2.75, 3.05) is 13.1 Å². The minimum absolute atomic E-state index is 0.402. The van der Waals surface area contributed by atoms with Crippen LogP contribution in [0.4, 0.5) is 8.78 Å². The van der Waals surface area contributed by atoms with Gasteiger partial charge < -0.3 is 0 Å². The number of piperidine rings is 1. The molecule has 0 unspecified atom stereocenters. The van der Waals surface area contributed by atoms with Gasteiger partial charge in [-0.25, -0.2) is 17.2 Å². The van der Waals surface area contributed by atoms with Gasteiger partial charge in [0.25, 0.3) is 0 Å². The number of hydrogen-bond acceptors (Lipinski definition) is 2. The SMILES string of the molecule is O=S(=O)(c1ccc(F)cc1F)N1CCCCC1. The summed E-state index contributed by atoms with van der Waals surface area (Å²) < 4.78 is 51.6. The Morgan fingerprint density at radius 3 is 2.29 bits per heavy atom. The second-order valence-electron chi connectivity index (χ2n) is 4.04. The third-order valence-corrected chi connectivity index (χ3v) is 4.76. The van der Waals surface area contributed by atoms with Crippen LogP contribution in [-0.2, 0) is 10.0 Å². The molecule has 1 aromatic rings. The van der Waals surface area contributed by atoms with Crippen molar-refractivity contribution in [3.05, 3.63) is 29.8 Å². The molecule has 0 saturated carbocycles. The summed E-state index contributed by atoms with van der Waals surface area (Å²) in [5, 5.41) is 0. The van der Waals surface area contributed by atoms with E-state index in [1.165, 1.54) is 4.31 Å². The molecule has 1 aliphatic rings. The van der Waals surface area contributed by atoms with E-state index in [0.29, 0.717) is 19.2 Å². The van der Waals surface area contributed by atoms with Crippen LogP contribution in [0.5, 0.6) is 0 Å². The van der Waals surface area contributed by atoms with E-state index in [1.807, 2.05) is 0 Å². The topological polar surface area (TPSA) is 37.4 Å². The molecule has 1 saturated heterocycles. The maximum absolute atomic E-state index is 13.5. The first-order valence-electron chi connectivity index (χ1n) is 5.47. The van der Waals surface area contributed by atoms with E-state index in [9.17, 15) is 17.2 Å². The average molecular weight is 261 g/mol. The highest BCUT2D eigenvalue weighted by Crippen LogP contribution is 2.23. The van der Waals surface area contributed by atoms with E-state index >= 15 is 0 Å². The number of hydrogen-bond donors (Lipinski definition) is 0. The lowest BCUT2D eigenvalue weighted by molar-refractivity contribution is 0.345. The molecule has 1 aromatic carbocycles. The van der Waals surface area contributed by atoms with Crippen LogP contribution in [0.15, 0.2) is 23.1 Å². The van der Waals surface area contributed by atoms with Crippen molar-refractivity contribution < 1.29 is 17.2 Å². The highest BCUT2D eigenvalue weighted by Gasteiger charge is 2.28. The van der Waals surface area contributed by atoms with Crippen molar-refractivity contribution >= 4 is 10.0 Å². The molecule has 94 valence electrons. The zero-order valence-corrected chi connectivity index (χ0v) is 10.0. The maximum atomic E-state index is 13.5. The molecule has 0 amide bonds. The quantitative estimate of drug-likeness (QED) is 0.818. The molecule has 3 nitrogen and oxygen atoms in total. The van der Waals surface area contributed by atoms with Crippen LogP contribution in [0.1, 0.15) is 19.3 Å². The molecule has 1 aliphatic heterocycles. The van der Waals surface area contributed by atoms with Crippen LogP contribution in [0.2, 0.25) is 0 Å². The van der Waals surface area contributed by atoms with E-state index in [2.05, 4.69) is 0 Å². The van der Waals surface area contributed by atoms with Gasteiger partial charge in [0.15, 0.2) is 0 Å². The van der Waals surface area contributed by atoms with Gasteiger partial charge in [0.05, 0.1) is 0 Å². The molecular weight excluding hydrogens is 248 g/mol. The van der Waals surface area contributed by atoms with E-state index in [0.717, 1.165) is 31.4 Å². The number of sulfonamides is 1. The predicted octanol–water partition coefficient (Wildman–Crippen LogP) is 2.14. The molecule has 6 heteroatoms. The van der Waals surface area contributed by atoms with Crippen LogP contribution in [0.3, 0.4) is 0 Å². The molecule has 1 fully saturated rings. The van der Waals surface area contributed by atoms with Crippen molar-refractivity contribution in [1.29, 1.82) is 0 Å². The minimum Gasteiger partial charge on any atom is -0.207 e. The summed E-state index contributed by atoms with van der Waals surface area (Å²) in [5.41, 5.74) is 0. The lowest BCUT2D eigenvalue weighted by Gasteiger charge is -2.25. The Morgan fingerprint density at radius 1 is 1.06 bits per heavy atom. The van der Waals surface area contributed by atoms with E-state index in [-0.39, 0.29) is 0 Å². The van der Waals surface area contributed by atoms with Gasteiger partial charge in [0.1, 0.15) is 16.5 Å². The van der Waals surface area contributed by atoms with Crippen LogP contribution in [0.25, 0.3) is 0 Å². The van der Waals surface area contributed by atoms with Crippen LogP contribution >= 0.6 is 0 Å². The summed E-state index contributed by atoms with van der Waals surface area (Å²) in [6, 6.07) is 2.53. The summed E-state index contributed by atoms with van der Waals surface area (Å²) in [7, 11) is -3.82. The molecular formula is C11H13F2NO2S. The fourth-order valence-corrected chi connectivity index (χ4v) is 3.49. The fourth-order valence-electron chi connectivity index (χ4n) is 1.93. The minimum atomic E-state index is -3.82. The Bertz CT molecular complexity index is 510. The van der Waals surface area contributed by atoms with E-state index in [1.54, 1.807) is 0 Å². The zero-order valence-electron chi connectivity index (χ0n) is 9.20. The van der Waals surface area contributed by atoms with Gasteiger partial charge in [-0.05, 0) is 25.0 Å². The van der Waals surface area contributed by atoms with Gasteiger partial charge in [0, 0.05) is 19.2 Å². The van der Waals surface area contributed by atoms with Gasteiger partial charge in [-0.2, -0.15) is 4.31 Å². The van der Waals surface area contributed by atoms with Crippen LogP contribution < -0.4 is 0 Å². The maximum Gasteiger partial charge on any atom is 0.245 e. The smallest absolute Gasteiger partial charge is 0.207 e. The first kappa shape index (κ1) is 12.4. The molecule has 0 atom stereocenters. The fraction of sp³-hybridized carbons (Fsp3) is 0.455. The Morgan fingerprint density at radius 2 is 1.71 bits per heavy atom. The van der Waals surface area contributed by atoms with Crippen molar-refractivity contribution in [3.63, 3.8) is 0 Å². The summed E-state index contributed by atoms with van der Waals surface area (Å²) in [5.74, 6) is -1.81. The third-order valence-electron chi connectivity index (χ3n) is 2.83. The molecule has 1 heterocycles. The van der Waals surface area contributed by atoms with Gasteiger partial charge in [-0.3, -0.25) is 0 Å². The second-order valence-corrected chi connectivity index (χ2v) is 5.95. The largest absolute Gasteiger partial charge is 0.245 e. The Labute approximate surface area is 99.1 Å². The highest BCUT2D eigenvalue weighted by molar-refractivity contribution is 7.89. The number of halogens is 2. The van der Waals surface area contributed by atoms with Crippen molar-refractivity contribution in [1.82, 2.24) is 4.31 Å². The van der Waals surface area contributed by atoms with Crippen molar-refractivity contribution in [2.45, 2.75) is 24.2 Å². The summed E-state index contributed by atoms with van der Waals surface area (Å²) in [6.07, 6.45) is 2.54. The van der Waals surface area contributed by atoms with Gasteiger partial charge in [-0.15, -0.1) is 0 Å². The standard InChI is InChI=1S/C11H13F2NO2S/c12-9-4-5-11(10(13)8-9)17(15,16)14-6-2-1-3-7-14/h4-5,8H,1-3,6-7H2. The number of benzene rings is 1. The molecule has 0 aromatic heterocycles. The second kappa shape index (κ2) is 4.70. The third kappa shape index (κ3) is 2.47. The number of nitrogens with zero attached hydrogens (tertiary/aromatic N) is 1. The van der Waals surface area contributed by atoms with Gasteiger partial charge in [-0.1, -0.05) is 6.42 Å². The summed E-state index contributed by atoms with van der Waals surface area (Å²) in [6.45, 7) is 0.804. The molecule has 0 aliphatic carbocycles. The Hall–Kier alpha value is -1.01. The molecule has 0 N–H and O–H groups in total. The molecule has 2 rings (SSSR count). The van der Waals surface area contributed by atoms with Crippen molar-refractivity contribution in [2.24, 2.45) is 0 Å². The lowest BCUT2D eigenvalue weighted by atomic mass is 10.2. The summed E-state index contributed by atoms with van der Waals surface area (Å²) >= 11 is 0. The van der Waals surface area contributed by atoms with E-state index < -0.39 is 26.6 Å². The van der Waals surface area contributed by atoms with Crippen molar-refractivity contribution in [3.8, 4) is 0 Å². The Kier molecular flexibility index (Phi) is 3.44. The van der Waals surface area contributed by atoms with E-state index in [4.69, 9.17) is 0 Å². The predicted molar refractivity (Wildman–Crippen MR) is 59.0 cm³/mol. The van der Waals surface area contributed by atoms with Crippen LogP contribution in [0, 0.1) is 11.6 Å². The monoisotopic (exact) mass is 261 g/mol. The first-order valence-corrected chi connectivity index (χ1v) is 6.91. The lowest BCUT2D eigenvalue weighted by Crippen LogP contribution is -2.36. The molecule has 0 radical (unpaired) electrons. The normalized spacial score (nSPS) is 18.2. The average Bonchev–Trinajstić information content (AvgIpc) is 2.29. The molecule has 0 spiro atoms. The summed E-state index contributed by atoms with van der Waals surface area (Å²) in [4.78, 5) is -0.444. The first-order chi connectivity index (χ1) is 8.01.